The molecule has 1 aromatic heterocycles. The number of hydrogen-bond donors (Lipinski definition) is 1. The first-order valence-electron chi connectivity index (χ1n) is 8.09. The van der Waals surface area contributed by atoms with Crippen LogP contribution in [-0.4, -0.2) is 56.7 Å². The van der Waals surface area contributed by atoms with Gasteiger partial charge in [-0.15, -0.1) is 0 Å². The van der Waals surface area contributed by atoms with Crippen molar-refractivity contribution in [2.45, 2.75) is 6.92 Å². The van der Waals surface area contributed by atoms with E-state index in [-0.39, 0.29) is 22.5 Å². The van der Waals surface area contributed by atoms with Crippen molar-refractivity contribution in [1.29, 1.82) is 0 Å². The standard InChI is InChI=1S/C17H19FN4O3/c1-3-21-9-12(17(24)25-2)13(10-23)11-8-14(18)16(20-15(11)21)22-6-4-19-5-7-22/h8-9,19H,3-7H2,1-2H3. The maximum Gasteiger partial charge on any atom is 0.340 e. The molecule has 0 aromatic carbocycles. The Balaban J connectivity index is 2.12. The topological polar surface area (TPSA) is 74.8 Å². The first kappa shape index (κ1) is 17.1. The molecular weight excluding hydrogens is 327 g/mol. The molecule has 1 fully saturated rings. The van der Waals surface area contributed by atoms with E-state index >= 15 is 0 Å². The van der Waals surface area contributed by atoms with E-state index in [9.17, 15) is 14.0 Å². The van der Waals surface area contributed by atoms with Crippen LogP contribution >= 0.6 is 0 Å². The van der Waals surface area contributed by atoms with Crippen molar-refractivity contribution in [3.63, 3.8) is 0 Å². The average Bonchev–Trinajstić information content (AvgIpc) is 2.66. The normalized spacial score (nSPS) is 16.9. The van der Waals surface area contributed by atoms with E-state index in [1.54, 1.807) is 10.8 Å². The highest BCUT2D eigenvalue weighted by atomic mass is 19.1. The van der Waals surface area contributed by atoms with Gasteiger partial charge in [-0.05, 0) is 13.0 Å². The Morgan fingerprint density at radius 3 is 2.72 bits per heavy atom. The Morgan fingerprint density at radius 2 is 2.12 bits per heavy atom. The van der Waals surface area contributed by atoms with Crippen molar-refractivity contribution in [3.8, 4) is 0 Å². The number of pyridine rings is 1. The Labute approximate surface area is 144 Å². The monoisotopic (exact) mass is 346 g/mol. The summed E-state index contributed by atoms with van der Waals surface area (Å²) >= 11 is 0. The Hall–Kier alpha value is -2.70. The van der Waals surface area contributed by atoms with Crippen LogP contribution in [0, 0.1) is 5.82 Å². The highest BCUT2D eigenvalue weighted by molar-refractivity contribution is 6.16. The molecule has 0 aliphatic carbocycles. The number of ether oxygens (including phenoxy) is 1. The molecule has 132 valence electrons. The zero-order chi connectivity index (χ0) is 18.0. The molecule has 0 spiro atoms. The van der Waals surface area contributed by atoms with E-state index in [0.29, 0.717) is 25.5 Å². The summed E-state index contributed by atoms with van der Waals surface area (Å²) in [5, 5.41) is 3.21. The summed E-state index contributed by atoms with van der Waals surface area (Å²) < 4.78 is 19.4. The third-order valence-electron chi connectivity index (χ3n) is 4.30. The van der Waals surface area contributed by atoms with Gasteiger partial charge < -0.3 is 19.9 Å². The molecule has 0 unspecified atom stereocenters. The number of carbonyl (C=O) groups excluding carboxylic acids is 2. The summed E-state index contributed by atoms with van der Waals surface area (Å²) in [7, 11) is 1.23. The van der Waals surface area contributed by atoms with E-state index < -0.39 is 11.8 Å². The van der Waals surface area contributed by atoms with Crippen LogP contribution in [0.5, 0.6) is 0 Å². The predicted octanol–water partition coefficient (Wildman–Crippen LogP) is 0.742. The number of anilines is 2. The molecule has 8 heteroatoms. The SMILES string of the molecule is CCN1C=C(C(=O)OC)C(=C=O)c2cc(F)c(N3CCNCC3)nc21. The molecule has 7 nitrogen and oxygen atoms in total. The van der Waals surface area contributed by atoms with Gasteiger partial charge in [0.15, 0.2) is 11.6 Å². The molecule has 1 aromatic rings. The average molecular weight is 346 g/mol. The maximum absolute atomic E-state index is 14.7. The summed E-state index contributed by atoms with van der Waals surface area (Å²) in [5.74, 6) is 1.22. The first-order valence-corrected chi connectivity index (χ1v) is 8.09. The van der Waals surface area contributed by atoms with E-state index in [1.807, 2.05) is 11.8 Å². The van der Waals surface area contributed by atoms with Gasteiger partial charge in [-0.1, -0.05) is 0 Å². The lowest BCUT2D eigenvalue weighted by atomic mass is 9.96. The number of aromatic nitrogens is 1. The first-order chi connectivity index (χ1) is 12.1. The molecule has 3 rings (SSSR count). The van der Waals surface area contributed by atoms with Gasteiger partial charge in [-0.3, -0.25) is 0 Å². The van der Waals surface area contributed by atoms with Crippen LogP contribution in [0.15, 0.2) is 17.8 Å². The van der Waals surface area contributed by atoms with E-state index in [1.165, 1.54) is 19.4 Å². The number of piperazine rings is 1. The number of rotatable bonds is 3. The van der Waals surface area contributed by atoms with Crippen LogP contribution in [0.1, 0.15) is 12.5 Å². The fourth-order valence-corrected chi connectivity index (χ4v) is 3.01. The lowest BCUT2D eigenvalue weighted by Crippen LogP contribution is -2.44. The number of hydrogen-bond acceptors (Lipinski definition) is 7. The van der Waals surface area contributed by atoms with Gasteiger partial charge in [0.1, 0.15) is 11.8 Å². The number of halogens is 1. The number of esters is 1. The van der Waals surface area contributed by atoms with Gasteiger partial charge >= 0.3 is 5.97 Å². The maximum atomic E-state index is 14.7. The fraction of sp³-hybridized carbons (Fsp3) is 0.412. The van der Waals surface area contributed by atoms with E-state index in [2.05, 4.69) is 10.3 Å². The summed E-state index contributed by atoms with van der Waals surface area (Å²) in [6, 6.07) is 1.25. The van der Waals surface area contributed by atoms with Crippen LogP contribution in [0.2, 0.25) is 0 Å². The van der Waals surface area contributed by atoms with Gasteiger partial charge in [0.05, 0.1) is 18.3 Å². The summed E-state index contributed by atoms with van der Waals surface area (Å²) in [5.41, 5.74) is 0.254. The Bertz CT molecular complexity index is 780. The molecule has 0 radical (unpaired) electrons. The number of nitrogens with one attached hydrogen (secondary N) is 1. The van der Waals surface area contributed by atoms with Crippen molar-refractivity contribution in [2.24, 2.45) is 0 Å². The summed E-state index contributed by atoms with van der Waals surface area (Å²) in [6.07, 6.45) is 1.50. The van der Waals surface area contributed by atoms with Crippen LogP contribution in [0.25, 0.3) is 5.57 Å². The van der Waals surface area contributed by atoms with Gasteiger partial charge in [0.2, 0.25) is 0 Å². The Morgan fingerprint density at radius 1 is 1.40 bits per heavy atom. The third-order valence-corrected chi connectivity index (χ3v) is 4.30. The van der Waals surface area contributed by atoms with Crippen molar-refractivity contribution >= 4 is 29.1 Å². The minimum absolute atomic E-state index is 0.0372. The third kappa shape index (κ3) is 3.01. The number of methoxy groups -OCH3 is 1. The van der Waals surface area contributed by atoms with Crippen LogP contribution < -0.4 is 15.1 Å². The summed E-state index contributed by atoms with van der Waals surface area (Å²) in [6.45, 7) is 5.17. The zero-order valence-electron chi connectivity index (χ0n) is 14.1. The van der Waals surface area contributed by atoms with E-state index in [4.69, 9.17) is 4.74 Å². The minimum Gasteiger partial charge on any atom is -0.465 e. The summed E-state index contributed by atoms with van der Waals surface area (Å²) in [4.78, 5) is 31.4. The predicted molar refractivity (Wildman–Crippen MR) is 91.5 cm³/mol. The smallest absolute Gasteiger partial charge is 0.340 e. The molecule has 0 saturated carbocycles. The van der Waals surface area contributed by atoms with Crippen LogP contribution in [-0.2, 0) is 14.3 Å². The molecule has 3 heterocycles. The van der Waals surface area contributed by atoms with Crippen LogP contribution in [0.3, 0.4) is 0 Å². The largest absolute Gasteiger partial charge is 0.465 e. The van der Waals surface area contributed by atoms with Crippen molar-refractivity contribution in [2.75, 3.05) is 49.6 Å². The molecule has 0 atom stereocenters. The second kappa shape index (κ2) is 7.04. The molecule has 2 aliphatic rings. The van der Waals surface area contributed by atoms with Gasteiger partial charge in [-0.2, -0.15) is 0 Å². The molecule has 25 heavy (non-hydrogen) atoms. The highest BCUT2D eigenvalue weighted by Gasteiger charge is 2.31. The zero-order valence-corrected chi connectivity index (χ0v) is 14.1. The highest BCUT2D eigenvalue weighted by Crippen LogP contribution is 2.37. The van der Waals surface area contributed by atoms with Crippen LogP contribution in [0.4, 0.5) is 16.0 Å². The van der Waals surface area contributed by atoms with Crippen molar-refractivity contribution < 1.29 is 18.7 Å². The molecular formula is C17H19FN4O3. The lowest BCUT2D eigenvalue weighted by Gasteiger charge is -2.32. The Kier molecular flexibility index (Phi) is 4.83. The van der Waals surface area contributed by atoms with E-state index in [0.717, 1.165) is 13.1 Å². The second-order valence-electron chi connectivity index (χ2n) is 5.70. The molecule has 1 saturated heterocycles. The lowest BCUT2D eigenvalue weighted by molar-refractivity contribution is -0.135. The fourth-order valence-electron chi connectivity index (χ4n) is 3.01. The number of carbonyl (C=O) groups is 1. The second-order valence-corrected chi connectivity index (χ2v) is 5.70. The molecule has 2 aliphatic heterocycles. The van der Waals surface area contributed by atoms with Crippen molar-refractivity contribution in [3.05, 3.63) is 29.2 Å². The van der Waals surface area contributed by atoms with Gasteiger partial charge in [0, 0.05) is 44.5 Å². The minimum atomic E-state index is -0.672. The molecule has 1 N–H and O–H groups in total. The number of nitrogens with zero attached hydrogens (tertiary/aromatic N) is 3. The van der Waals surface area contributed by atoms with Gasteiger partial charge in [-0.25, -0.2) is 19.0 Å². The van der Waals surface area contributed by atoms with Crippen molar-refractivity contribution in [1.82, 2.24) is 10.3 Å². The molecule has 0 bridgehead atoms. The van der Waals surface area contributed by atoms with Gasteiger partial charge in [0.25, 0.3) is 0 Å². The number of fused-ring (bicyclic) bond motifs is 1. The quantitative estimate of drug-likeness (QED) is 0.639. The molecule has 0 amide bonds.